The van der Waals surface area contributed by atoms with Gasteiger partial charge in [-0.05, 0) is 25.0 Å². The van der Waals surface area contributed by atoms with E-state index in [-0.39, 0.29) is 11.7 Å². The minimum absolute atomic E-state index is 0.0638. The summed E-state index contributed by atoms with van der Waals surface area (Å²) in [6.07, 6.45) is 2.00. The molecule has 0 unspecified atom stereocenters. The van der Waals surface area contributed by atoms with Gasteiger partial charge in [-0.1, -0.05) is 30.8 Å². The lowest BCUT2D eigenvalue weighted by Crippen LogP contribution is -2.35. The van der Waals surface area contributed by atoms with Crippen molar-refractivity contribution in [1.82, 2.24) is 14.5 Å². The monoisotopic (exact) mass is 375 g/mol. The molecule has 138 valence electrons. The van der Waals surface area contributed by atoms with Crippen LogP contribution < -0.4 is 0 Å². The number of amides is 2. The van der Waals surface area contributed by atoms with Crippen LogP contribution in [0.3, 0.4) is 0 Å². The summed E-state index contributed by atoms with van der Waals surface area (Å²) in [7, 11) is 0. The van der Waals surface area contributed by atoms with Crippen LogP contribution >= 0.6 is 11.8 Å². The summed E-state index contributed by atoms with van der Waals surface area (Å²) in [6, 6.07) is 7.84. The van der Waals surface area contributed by atoms with E-state index in [1.54, 1.807) is 0 Å². The zero-order valence-corrected chi connectivity index (χ0v) is 15.5. The van der Waals surface area contributed by atoms with Crippen molar-refractivity contribution >= 4 is 40.6 Å². The molecule has 0 aliphatic carbocycles. The highest BCUT2D eigenvalue weighted by Gasteiger charge is 2.27. The minimum atomic E-state index is -0.495. The molecule has 7 nitrogen and oxygen atoms in total. The molecule has 2 aromatic rings. The zero-order chi connectivity index (χ0) is 18.5. The normalized spacial score (nSPS) is 14.2. The van der Waals surface area contributed by atoms with Crippen LogP contribution in [0.2, 0.25) is 0 Å². The summed E-state index contributed by atoms with van der Waals surface area (Å²) in [5, 5.41) is 0.756. The predicted molar refractivity (Wildman–Crippen MR) is 97.7 cm³/mol. The molecule has 26 heavy (non-hydrogen) atoms. The van der Waals surface area contributed by atoms with E-state index in [0.717, 1.165) is 34.1 Å². The Balaban J connectivity index is 1.56. The number of fused-ring (bicyclic) bond motifs is 1. The average Bonchev–Trinajstić information content (AvgIpc) is 3.22. The van der Waals surface area contributed by atoms with Crippen molar-refractivity contribution in [2.45, 2.75) is 37.9 Å². The standard InChI is InChI=1S/C18H21N3O4S/c1-2-9-20-14-7-4-3-6-13(14)19-18(20)26-12-17(24)25-11-16(23)21-10-5-8-15(21)22/h3-4,6-7H,2,5,8-12H2,1H3. The number of para-hydroxylation sites is 2. The summed E-state index contributed by atoms with van der Waals surface area (Å²) in [4.78, 5) is 41.1. The molecule has 2 amide bonds. The van der Waals surface area contributed by atoms with Gasteiger partial charge >= 0.3 is 5.97 Å². The number of benzene rings is 1. The van der Waals surface area contributed by atoms with E-state index in [9.17, 15) is 14.4 Å². The van der Waals surface area contributed by atoms with Gasteiger partial charge in [-0.15, -0.1) is 0 Å². The van der Waals surface area contributed by atoms with Gasteiger partial charge in [-0.25, -0.2) is 4.98 Å². The summed E-state index contributed by atoms with van der Waals surface area (Å²) in [5.41, 5.74) is 1.92. The molecule has 0 saturated carbocycles. The van der Waals surface area contributed by atoms with Gasteiger partial charge in [0.2, 0.25) is 5.91 Å². The van der Waals surface area contributed by atoms with Crippen LogP contribution in [0.4, 0.5) is 0 Å². The molecule has 0 N–H and O–H groups in total. The van der Waals surface area contributed by atoms with Gasteiger partial charge in [0.1, 0.15) is 0 Å². The number of imidazole rings is 1. The van der Waals surface area contributed by atoms with E-state index in [4.69, 9.17) is 4.74 Å². The number of ether oxygens (including phenoxy) is 1. The Kier molecular flexibility index (Phi) is 5.92. The fourth-order valence-corrected chi connectivity index (χ4v) is 3.74. The molecule has 1 aromatic carbocycles. The SMILES string of the molecule is CCCn1c(SCC(=O)OCC(=O)N2CCCC2=O)nc2ccccc21. The first kappa shape index (κ1) is 18.4. The highest BCUT2D eigenvalue weighted by Crippen LogP contribution is 2.24. The van der Waals surface area contributed by atoms with Crippen molar-refractivity contribution in [3.8, 4) is 0 Å². The Bertz CT molecular complexity index is 833. The fraction of sp³-hybridized carbons (Fsp3) is 0.444. The highest BCUT2D eigenvalue weighted by atomic mass is 32.2. The molecule has 0 spiro atoms. The second-order valence-corrected chi connectivity index (χ2v) is 6.97. The summed E-state index contributed by atoms with van der Waals surface area (Å²) in [5.74, 6) is -1.09. The number of likely N-dealkylation sites (tertiary alicyclic amines) is 1. The van der Waals surface area contributed by atoms with Gasteiger partial charge < -0.3 is 9.30 Å². The summed E-state index contributed by atoms with van der Waals surface area (Å²) < 4.78 is 7.10. The van der Waals surface area contributed by atoms with Crippen molar-refractivity contribution < 1.29 is 19.1 Å². The first-order chi connectivity index (χ1) is 12.6. The van der Waals surface area contributed by atoms with Crippen LogP contribution in [0.5, 0.6) is 0 Å². The number of aryl methyl sites for hydroxylation is 1. The smallest absolute Gasteiger partial charge is 0.316 e. The molecule has 1 aromatic heterocycles. The lowest BCUT2D eigenvalue weighted by Gasteiger charge is -2.13. The van der Waals surface area contributed by atoms with Crippen molar-refractivity contribution in [1.29, 1.82) is 0 Å². The molecule has 0 bridgehead atoms. The molecule has 8 heteroatoms. The Labute approximate surface area is 155 Å². The van der Waals surface area contributed by atoms with Crippen LogP contribution in [-0.4, -0.2) is 51.1 Å². The number of rotatable bonds is 7. The Morgan fingerprint density at radius 2 is 2.12 bits per heavy atom. The van der Waals surface area contributed by atoms with Crippen molar-refractivity contribution in [3.05, 3.63) is 24.3 Å². The third-order valence-corrected chi connectivity index (χ3v) is 5.07. The van der Waals surface area contributed by atoms with Crippen molar-refractivity contribution in [2.75, 3.05) is 18.9 Å². The molecular weight excluding hydrogens is 354 g/mol. The zero-order valence-electron chi connectivity index (χ0n) is 14.6. The second-order valence-electron chi connectivity index (χ2n) is 6.03. The highest BCUT2D eigenvalue weighted by molar-refractivity contribution is 7.99. The third-order valence-electron chi connectivity index (χ3n) is 4.12. The number of nitrogens with zero attached hydrogens (tertiary/aromatic N) is 3. The number of imide groups is 1. The van der Waals surface area contributed by atoms with Crippen LogP contribution in [0, 0.1) is 0 Å². The van der Waals surface area contributed by atoms with Crippen LogP contribution in [0.1, 0.15) is 26.2 Å². The Hall–Kier alpha value is -2.35. The number of carbonyl (C=O) groups excluding carboxylic acids is 3. The van der Waals surface area contributed by atoms with Crippen LogP contribution in [0.15, 0.2) is 29.4 Å². The molecule has 1 aliphatic heterocycles. The molecule has 1 fully saturated rings. The van der Waals surface area contributed by atoms with E-state index >= 15 is 0 Å². The average molecular weight is 375 g/mol. The topological polar surface area (TPSA) is 81.5 Å². The predicted octanol–water partition coefficient (Wildman–Crippen LogP) is 2.23. The molecule has 2 heterocycles. The van der Waals surface area contributed by atoms with E-state index < -0.39 is 18.5 Å². The Morgan fingerprint density at radius 1 is 1.31 bits per heavy atom. The Morgan fingerprint density at radius 3 is 2.85 bits per heavy atom. The maximum atomic E-state index is 12.0. The number of hydrogen-bond donors (Lipinski definition) is 0. The second kappa shape index (κ2) is 8.35. The van der Waals surface area contributed by atoms with Crippen molar-refractivity contribution in [2.24, 2.45) is 0 Å². The summed E-state index contributed by atoms with van der Waals surface area (Å²) in [6.45, 7) is 2.91. The first-order valence-corrected chi connectivity index (χ1v) is 9.65. The lowest BCUT2D eigenvalue weighted by atomic mass is 10.3. The maximum absolute atomic E-state index is 12.0. The molecule has 0 atom stereocenters. The van der Waals surface area contributed by atoms with Gasteiger partial charge in [-0.2, -0.15) is 0 Å². The maximum Gasteiger partial charge on any atom is 0.316 e. The van der Waals surface area contributed by atoms with Crippen molar-refractivity contribution in [3.63, 3.8) is 0 Å². The minimum Gasteiger partial charge on any atom is -0.455 e. The fourth-order valence-electron chi connectivity index (χ4n) is 2.90. The van der Waals surface area contributed by atoms with E-state index in [1.807, 2.05) is 24.3 Å². The molecule has 1 saturated heterocycles. The number of carbonyl (C=O) groups is 3. The number of esters is 1. The molecule has 1 aliphatic rings. The number of aromatic nitrogens is 2. The quantitative estimate of drug-likeness (QED) is 0.545. The summed E-state index contributed by atoms with van der Waals surface area (Å²) >= 11 is 1.29. The van der Waals surface area contributed by atoms with Gasteiger partial charge in [-0.3, -0.25) is 19.3 Å². The molecule has 3 rings (SSSR count). The number of thioether (sulfide) groups is 1. The lowest BCUT2D eigenvalue weighted by molar-refractivity contribution is -0.153. The largest absolute Gasteiger partial charge is 0.455 e. The van der Waals surface area contributed by atoms with Crippen LogP contribution in [0.25, 0.3) is 11.0 Å². The van der Waals surface area contributed by atoms with Crippen LogP contribution in [-0.2, 0) is 25.7 Å². The van der Waals surface area contributed by atoms with Gasteiger partial charge in [0, 0.05) is 19.5 Å². The van der Waals surface area contributed by atoms with Gasteiger partial charge in [0.15, 0.2) is 11.8 Å². The molecular formula is C18H21N3O4S. The number of hydrogen-bond acceptors (Lipinski definition) is 6. The first-order valence-electron chi connectivity index (χ1n) is 8.67. The van der Waals surface area contributed by atoms with Gasteiger partial charge in [0.05, 0.1) is 16.8 Å². The molecule has 0 radical (unpaired) electrons. The van der Waals surface area contributed by atoms with E-state index in [2.05, 4.69) is 16.5 Å². The third kappa shape index (κ3) is 4.07. The van der Waals surface area contributed by atoms with Gasteiger partial charge in [0.25, 0.3) is 5.91 Å². The van der Waals surface area contributed by atoms with E-state index in [0.29, 0.717) is 19.4 Å². The van der Waals surface area contributed by atoms with E-state index in [1.165, 1.54) is 11.8 Å².